The van der Waals surface area contributed by atoms with Crippen molar-refractivity contribution >= 4 is 22.6 Å². The second-order valence-electron chi connectivity index (χ2n) is 7.81. The number of H-pyrrole nitrogens is 1. The van der Waals surface area contributed by atoms with E-state index in [0.29, 0.717) is 11.7 Å². The number of carbonyl (C=O) groups is 1. The predicted molar refractivity (Wildman–Crippen MR) is 112 cm³/mol. The zero-order chi connectivity index (χ0) is 20.0. The van der Waals surface area contributed by atoms with Crippen molar-refractivity contribution in [2.45, 2.75) is 39.0 Å². The van der Waals surface area contributed by atoms with Crippen LogP contribution in [0.15, 0.2) is 47.1 Å². The third-order valence-corrected chi connectivity index (χ3v) is 5.51. The van der Waals surface area contributed by atoms with E-state index in [1.807, 2.05) is 30.3 Å². The van der Waals surface area contributed by atoms with Crippen molar-refractivity contribution in [3.05, 3.63) is 65.2 Å². The molecule has 2 N–H and O–H groups in total. The van der Waals surface area contributed by atoms with Gasteiger partial charge in [-0.15, -0.1) is 0 Å². The highest BCUT2D eigenvalue weighted by Gasteiger charge is 2.27. The third-order valence-electron chi connectivity index (χ3n) is 5.51. The topological polar surface area (TPSA) is 83.8 Å². The minimum atomic E-state index is -0.0763. The molecule has 0 saturated heterocycles. The van der Waals surface area contributed by atoms with Crippen LogP contribution in [0.1, 0.15) is 41.3 Å². The van der Waals surface area contributed by atoms with Crippen LogP contribution < -0.4 is 5.32 Å². The predicted octanol–water partition coefficient (Wildman–Crippen LogP) is 4.89. The maximum Gasteiger partial charge on any atom is 0.228 e. The molecule has 0 atom stereocenters. The average Bonchev–Trinajstić information content (AvgIpc) is 3.33. The summed E-state index contributed by atoms with van der Waals surface area (Å²) in [6.07, 6.45) is 4.31. The van der Waals surface area contributed by atoms with E-state index in [2.05, 4.69) is 40.4 Å². The maximum atomic E-state index is 12.5. The Hall–Kier alpha value is -3.41. The van der Waals surface area contributed by atoms with Gasteiger partial charge in [-0.3, -0.25) is 9.89 Å². The quantitative estimate of drug-likeness (QED) is 0.511. The second kappa shape index (κ2) is 6.88. The van der Waals surface area contributed by atoms with Gasteiger partial charge < -0.3 is 9.73 Å². The van der Waals surface area contributed by atoms with Crippen LogP contribution in [0.4, 0.5) is 5.69 Å². The van der Waals surface area contributed by atoms with Crippen LogP contribution in [0.25, 0.3) is 22.4 Å². The Bertz CT molecular complexity index is 1200. The fourth-order valence-electron chi connectivity index (χ4n) is 3.50. The Kier molecular flexibility index (Phi) is 4.19. The van der Waals surface area contributed by atoms with Gasteiger partial charge in [0.2, 0.25) is 5.91 Å². The standard InChI is InChI=1S/C23H22N4O2/c1-13-9-19-17(12-29-20(19)10-14(13)2)11-21(28)24-18-7-5-16(6-8-18)23-25-22(26-27-23)15-3-4-15/h5-10,12,15H,3-4,11H2,1-2H3,(H,24,28)(H,25,26,27). The summed E-state index contributed by atoms with van der Waals surface area (Å²) in [4.78, 5) is 17.1. The molecule has 6 nitrogen and oxygen atoms in total. The molecule has 0 spiro atoms. The number of carbonyl (C=O) groups excluding carboxylic acids is 1. The maximum absolute atomic E-state index is 12.5. The Balaban J connectivity index is 1.27. The molecule has 2 aromatic heterocycles. The lowest BCUT2D eigenvalue weighted by Crippen LogP contribution is -2.14. The number of fused-ring (bicyclic) bond motifs is 1. The minimum Gasteiger partial charge on any atom is -0.464 e. The molecule has 1 aliphatic carbocycles. The highest BCUT2D eigenvalue weighted by Crippen LogP contribution is 2.38. The number of nitrogens with zero attached hydrogens (tertiary/aromatic N) is 2. The lowest BCUT2D eigenvalue weighted by atomic mass is 10.0. The van der Waals surface area contributed by atoms with Gasteiger partial charge >= 0.3 is 0 Å². The molecule has 0 unspecified atom stereocenters. The molecular weight excluding hydrogens is 364 g/mol. The van der Waals surface area contributed by atoms with E-state index in [9.17, 15) is 4.79 Å². The highest BCUT2D eigenvalue weighted by molar-refractivity contribution is 5.95. The summed E-state index contributed by atoms with van der Waals surface area (Å²) in [5.41, 5.74) is 5.75. The van der Waals surface area contributed by atoms with Crippen molar-refractivity contribution in [2.24, 2.45) is 0 Å². The van der Waals surface area contributed by atoms with Gasteiger partial charge in [0.1, 0.15) is 11.4 Å². The molecule has 146 valence electrons. The molecular formula is C23H22N4O2. The SMILES string of the molecule is Cc1cc2occ(CC(=O)Nc3ccc(-c4n[nH]c(C5CC5)n4)cc3)c2cc1C. The summed E-state index contributed by atoms with van der Waals surface area (Å²) < 4.78 is 5.63. The number of hydrogen-bond donors (Lipinski definition) is 2. The van der Waals surface area contributed by atoms with Crippen LogP contribution in [-0.2, 0) is 11.2 Å². The zero-order valence-corrected chi connectivity index (χ0v) is 16.5. The van der Waals surface area contributed by atoms with Gasteiger partial charge in [0.25, 0.3) is 0 Å². The normalized spacial score (nSPS) is 13.7. The van der Waals surface area contributed by atoms with Gasteiger partial charge in [0.15, 0.2) is 5.82 Å². The van der Waals surface area contributed by atoms with Crippen LogP contribution in [0.3, 0.4) is 0 Å². The molecule has 29 heavy (non-hydrogen) atoms. The molecule has 0 bridgehead atoms. The van der Waals surface area contributed by atoms with Gasteiger partial charge in [0.05, 0.1) is 12.7 Å². The molecule has 1 amide bonds. The second-order valence-corrected chi connectivity index (χ2v) is 7.81. The number of anilines is 1. The number of nitrogens with one attached hydrogen (secondary N) is 2. The summed E-state index contributed by atoms with van der Waals surface area (Å²) in [6, 6.07) is 11.7. The molecule has 2 aromatic carbocycles. The average molecular weight is 386 g/mol. The van der Waals surface area contributed by atoms with Gasteiger partial charge in [-0.25, -0.2) is 4.98 Å². The third kappa shape index (κ3) is 3.53. The zero-order valence-electron chi connectivity index (χ0n) is 16.5. The van der Waals surface area contributed by atoms with E-state index in [-0.39, 0.29) is 12.3 Å². The van der Waals surface area contributed by atoms with Gasteiger partial charge in [-0.05, 0) is 74.2 Å². The van der Waals surface area contributed by atoms with E-state index in [1.165, 1.54) is 24.0 Å². The molecule has 1 fully saturated rings. The fraction of sp³-hybridized carbons (Fsp3) is 0.261. The van der Waals surface area contributed by atoms with E-state index in [0.717, 1.165) is 33.6 Å². The van der Waals surface area contributed by atoms with Crippen LogP contribution in [0.5, 0.6) is 0 Å². The van der Waals surface area contributed by atoms with Crippen molar-refractivity contribution in [1.29, 1.82) is 0 Å². The van der Waals surface area contributed by atoms with Gasteiger partial charge in [-0.1, -0.05) is 0 Å². The van der Waals surface area contributed by atoms with Crippen LogP contribution in [0.2, 0.25) is 0 Å². The first kappa shape index (κ1) is 17.7. The van der Waals surface area contributed by atoms with Crippen molar-refractivity contribution < 1.29 is 9.21 Å². The molecule has 0 aliphatic heterocycles. The fourth-order valence-corrected chi connectivity index (χ4v) is 3.50. The van der Waals surface area contributed by atoms with Crippen molar-refractivity contribution in [3.63, 3.8) is 0 Å². The Morgan fingerprint density at radius 2 is 1.93 bits per heavy atom. The first-order valence-corrected chi connectivity index (χ1v) is 9.87. The first-order chi connectivity index (χ1) is 14.1. The molecule has 5 rings (SSSR count). The summed E-state index contributed by atoms with van der Waals surface area (Å²) in [5, 5.41) is 11.3. The van der Waals surface area contributed by atoms with Crippen LogP contribution in [-0.4, -0.2) is 21.1 Å². The Morgan fingerprint density at radius 3 is 2.69 bits per heavy atom. The summed E-state index contributed by atoms with van der Waals surface area (Å²) in [7, 11) is 0. The summed E-state index contributed by atoms with van der Waals surface area (Å²) >= 11 is 0. The van der Waals surface area contributed by atoms with Gasteiger partial charge in [-0.2, -0.15) is 5.10 Å². The van der Waals surface area contributed by atoms with Crippen molar-refractivity contribution in [2.75, 3.05) is 5.32 Å². The van der Waals surface area contributed by atoms with E-state index in [4.69, 9.17) is 4.42 Å². The van der Waals surface area contributed by atoms with E-state index < -0.39 is 0 Å². The lowest BCUT2D eigenvalue weighted by molar-refractivity contribution is -0.115. The highest BCUT2D eigenvalue weighted by atomic mass is 16.3. The Morgan fingerprint density at radius 1 is 1.17 bits per heavy atom. The molecule has 4 aromatic rings. The molecule has 0 radical (unpaired) electrons. The molecule has 1 saturated carbocycles. The molecule has 6 heteroatoms. The minimum absolute atomic E-state index is 0.0763. The van der Waals surface area contributed by atoms with E-state index in [1.54, 1.807) is 6.26 Å². The molecule has 1 aliphatic rings. The number of furan rings is 1. The number of hydrogen-bond acceptors (Lipinski definition) is 4. The number of benzene rings is 2. The Labute approximate surface area is 168 Å². The lowest BCUT2D eigenvalue weighted by Gasteiger charge is -2.06. The monoisotopic (exact) mass is 386 g/mol. The summed E-state index contributed by atoms with van der Waals surface area (Å²) in [6.45, 7) is 4.12. The van der Waals surface area contributed by atoms with E-state index >= 15 is 0 Å². The van der Waals surface area contributed by atoms with Gasteiger partial charge in [0, 0.05) is 28.1 Å². The number of aryl methyl sites for hydroxylation is 2. The van der Waals surface area contributed by atoms with Crippen molar-refractivity contribution in [1.82, 2.24) is 15.2 Å². The smallest absolute Gasteiger partial charge is 0.228 e. The number of aromatic amines is 1. The number of aromatic nitrogens is 3. The molecule has 2 heterocycles. The summed E-state index contributed by atoms with van der Waals surface area (Å²) in [5.74, 6) is 2.13. The number of rotatable bonds is 5. The van der Waals surface area contributed by atoms with Crippen molar-refractivity contribution in [3.8, 4) is 11.4 Å². The van der Waals surface area contributed by atoms with Crippen LogP contribution in [0, 0.1) is 13.8 Å². The first-order valence-electron chi connectivity index (χ1n) is 9.87. The van der Waals surface area contributed by atoms with Crippen LogP contribution >= 0.6 is 0 Å². The largest absolute Gasteiger partial charge is 0.464 e. The number of amides is 1.